The van der Waals surface area contributed by atoms with Crippen molar-refractivity contribution in [2.24, 2.45) is 5.92 Å². The Morgan fingerprint density at radius 2 is 2.26 bits per heavy atom. The second-order valence-electron chi connectivity index (χ2n) is 5.58. The SMILES string of the molecule is CC1CCCN(S(=O)(=O)Nc2cc(C(C)C)[nH]n2)C1. The van der Waals surface area contributed by atoms with Crippen LogP contribution in [-0.2, 0) is 10.2 Å². The summed E-state index contributed by atoms with van der Waals surface area (Å²) in [5.41, 5.74) is 0.921. The number of aromatic nitrogens is 2. The van der Waals surface area contributed by atoms with Gasteiger partial charge < -0.3 is 0 Å². The van der Waals surface area contributed by atoms with Crippen LogP contribution >= 0.6 is 0 Å². The topological polar surface area (TPSA) is 78.1 Å². The first-order chi connectivity index (χ1) is 8.88. The van der Waals surface area contributed by atoms with Crippen molar-refractivity contribution in [3.63, 3.8) is 0 Å². The van der Waals surface area contributed by atoms with Gasteiger partial charge in [0.15, 0.2) is 5.82 Å². The molecular formula is C12H22N4O2S. The molecule has 0 bridgehead atoms. The summed E-state index contributed by atoms with van der Waals surface area (Å²) in [6, 6.07) is 1.75. The van der Waals surface area contributed by atoms with E-state index >= 15 is 0 Å². The average Bonchev–Trinajstić information content (AvgIpc) is 2.77. The molecule has 1 aliphatic heterocycles. The molecule has 6 nitrogen and oxygen atoms in total. The molecule has 1 saturated heterocycles. The van der Waals surface area contributed by atoms with Gasteiger partial charge in [-0.25, -0.2) is 0 Å². The highest BCUT2D eigenvalue weighted by Gasteiger charge is 2.27. The molecule has 0 aliphatic carbocycles. The molecule has 0 spiro atoms. The van der Waals surface area contributed by atoms with Gasteiger partial charge in [0.05, 0.1) is 0 Å². The summed E-state index contributed by atoms with van der Waals surface area (Å²) in [5, 5.41) is 6.84. The molecule has 0 aromatic carbocycles. The maximum absolute atomic E-state index is 12.2. The molecule has 0 saturated carbocycles. The van der Waals surface area contributed by atoms with E-state index in [2.05, 4.69) is 21.8 Å². The molecule has 19 heavy (non-hydrogen) atoms. The summed E-state index contributed by atoms with van der Waals surface area (Å²) in [6.07, 6.45) is 2.01. The smallest absolute Gasteiger partial charge is 0.280 e. The fraction of sp³-hybridized carbons (Fsp3) is 0.750. The van der Waals surface area contributed by atoms with Gasteiger partial charge in [0.2, 0.25) is 0 Å². The van der Waals surface area contributed by atoms with Crippen LogP contribution in [-0.4, -0.2) is 36.0 Å². The lowest BCUT2D eigenvalue weighted by atomic mass is 10.0. The number of piperidine rings is 1. The van der Waals surface area contributed by atoms with E-state index in [9.17, 15) is 8.42 Å². The summed E-state index contributed by atoms with van der Waals surface area (Å²) in [6.45, 7) is 7.29. The normalized spacial score (nSPS) is 21.8. The number of H-pyrrole nitrogens is 1. The van der Waals surface area contributed by atoms with Crippen LogP contribution in [0.25, 0.3) is 0 Å². The van der Waals surface area contributed by atoms with Gasteiger partial charge in [-0.15, -0.1) is 0 Å². The highest BCUT2D eigenvalue weighted by Crippen LogP contribution is 2.21. The van der Waals surface area contributed by atoms with Crippen LogP contribution in [0.1, 0.15) is 45.2 Å². The van der Waals surface area contributed by atoms with E-state index in [1.807, 2.05) is 13.8 Å². The number of hydrogen-bond acceptors (Lipinski definition) is 3. The maximum atomic E-state index is 12.2. The van der Waals surface area contributed by atoms with Gasteiger partial charge in [-0.1, -0.05) is 20.8 Å². The van der Waals surface area contributed by atoms with Crippen LogP contribution in [0.5, 0.6) is 0 Å². The molecule has 108 valence electrons. The minimum Gasteiger partial charge on any atom is -0.280 e. The van der Waals surface area contributed by atoms with Crippen molar-refractivity contribution in [2.75, 3.05) is 17.8 Å². The van der Waals surface area contributed by atoms with Crippen LogP contribution < -0.4 is 4.72 Å². The number of aromatic amines is 1. The lowest BCUT2D eigenvalue weighted by Crippen LogP contribution is -2.42. The van der Waals surface area contributed by atoms with Crippen LogP contribution in [0.4, 0.5) is 5.82 Å². The molecule has 1 atom stereocenters. The summed E-state index contributed by atoms with van der Waals surface area (Å²) in [7, 11) is -3.48. The lowest BCUT2D eigenvalue weighted by molar-refractivity contribution is 0.282. The number of nitrogens with zero attached hydrogens (tertiary/aromatic N) is 2. The van der Waals surface area contributed by atoms with E-state index in [4.69, 9.17) is 0 Å². The zero-order valence-corrected chi connectivity index (χ0v) is 12.5. The van der Waals surface area contributed by atoms with Gasteiger partial charge in [-0.3, -0.25) is 9.82 Å². The van der Waals surface area contributed by atoms with Crippen molar-refractivity contribution in [2.45, 2.75) is 39.5 Å². The van der Waals surface area contributed by atoms with E-state index in [-0.39, 0.29) is 0 Å². The van der Waals surface area contributed by atoms with Gasteiger partial charge in [0, 0.05) is 24.8 Å². The van der Waals surface area contributed by atoms with Crippen LogP contribution in [0.15, 0.2) is 6.07 Å². The minimum absolute atomic E-state index is 0.292. The quantitative estimate of drug-likeness (QED) is 0.887. The van der Waals surface area contributed by atoms with Gasteiger partial charge in [0.1, 0.15) is 0 Å². The maximum Gasteiger partial charge on any atom is 0.302 e. The zero-order valence-electron chi connectivity index (χ0n) is 11.7. The summed E-state index contributed by atoms with van der Waals surface area (Å²) >= 11 is 0. The fourth-order valence-electron chi connectivity index (χ4n) is 2.25. The Morgan fingerprint density at radius 1 is 1.53 bits per heavy atom. The first kappa shape index (κ1) is 14.3. The molecule has 0 amide bonds. The summed E-state index contributed by atoms with van der Waals surface area (Å²) < 4.78 is 28.5. The fourth-order valence-corrected chi connectivity index (χ4v) is 3.56. The predicted octanol–water partition coefficient (Wildman–Crippen LogP) is 1.92. The van der Waals surface area contributed by atoms with Crippen molar-refractivity contribution < 1.29 is 8.42 Å². The number of rotatable bonds is 4. The molecule has 2 heterocycles. The van der Waals surface area contributed by atoms with E-state index in [1.165, 1.54) is 4.31 Å². The highest BCUT2D eigenvalue weighted by molar-refractivity contribution is 7.90. The van der Waals surface area contributed by atoms with Gasteiger partial charge in [-0.05, 0) is 24.7 Å². The molecule has 2 N–H and O–H groups in total. The third kappa shape index (κ3) is 3.48. The van der Waals surface area contributed by atoms with Crippen molar-refractivity contribution in [3.8, 4) is 0 Å². The molecule has 1 aliphatic rings. The van der Waals surface area contributed by atoms with Crippen molar-refractivity contribution in [1.82, 2.24) is 14.5 Å². The zero-order chi connectivity index (χ0) is 14.0. The molecule has 0 radical (unpaired) electrons. The molecule has 7 heteroatoms. The molecule has 2 rings (SSSR count). The Kier molecular flexibility index (Phi) is 4.15. The van der Waals surface area contributed by atoms with Crippen LogP contribution in [0.2, 0.25) is 0 Å². The second kappa shape index (κ2) is 5.50. The van der Waals surface area contributed by atoms with Crippen molar-refractivity contribution in [1.29, 1.82) is 0 Å². The van der Waals surface area contributed by atoms with E-state index < -0.39 is 10.2 Å². The van der Waals surface area contributed by atoms with Gasteiger partial charge in [0.25, 0.3) is 0 Å². The molecule has 1 aromatic rings. The van der Waals surface area contributed by atoms with E-state index in [0.717, 1.165) is 18.5 Å². The Balaban J connectivity index is 2.07. The number of hydrogen-bond donors (Lipinski definition) is 2. The first-order valence-corrected chi connectivity index (χ1v) is 8.15. The number of anilines is 1. The summed E-state index contributed by atoms with van der Waals surface area (Å²) in [5.74, 6) is 1.07. The highest BCUT2D eigenvalue weighted by atomic mass is 32.2. The van der Waals surface area contributed by atoms with Gasteiger partial charge in [-0.2, -0.15) is 17.8 Å². The molecule has 1 fully saturated rings. The van der Waals surface area contributed by atoms with E-state index in [1.54, 1.807) is 6.07 Å². The minimum atomic E-state index is -3.48. The van der Waals surface area contributed by atoms with Crippen molar-refractivity contribution >= 4 is 16.0 Å². The first-order valence-electron chi connectivity index (χ1n) is 6.71. The van der Waals surface area contributed by atoms with Crippen LogP contribution in [0.3, 0.4) is 0 Å². The van der Waals surface area contributed by atoms with Gasteiger partial charge >= 0.3 is 10.2 Å². The Hall–Kier alpha value is -1.08. The summed E-state index contributed by atoms with van der Waals surface area (Å²) in [4.78, 5) is 0. The Bertz CT molecular complexity index is 524. The number of nitrogens with one attached hydrogen (secondary N) is 2. The molecular weight excluding hydrogens is 264 g/mol. The molecule has 1 unspecified atom stereocenters. The van der Waals surface area contributed by atoms with Crippen molar-refractivity contribution in [3.05, 3.63) is 11.8 Å². The Labute approximate surface area is 114 Å². The second-order valence-corrected chi connectivity index (χ2v) is 7.25. The standard InChI is InChI=1S/C12H22N4O2S/c1-9(2)11-7-12(14-13-11)15-19(17,18)16-6-4-5-10(3)8-16/h7,9-10H,4-6,8H2,1-3H3,(H2,13,14,15). The predicted molar refractivity (Wildman–Crippen MR) is 75.2 cm³/mol. The monoisotopic (exact) mass is 286 g/mol. The Morgan fingerprint density at radius 3 is 2.84 bits per heavy atom. The average molecular weight is 286 g/mol. The third-order valence-electron chi connectivity index (χ3n) is 3.41. The van der Waals surface area contributed by atoms with Crippen LogP contribution in [0, 0.1) is 5.92 Å². The molecule has 1 aromatic heterocycles. The lowest BCUT2D eigenvalue weighted by Gasteiger charge is -2.29. The van der Waals surface area contributed by atoms with E-state index in [0.29, 0.717) is 30.7 Å². The third-order valence-corrected chi connectivity index (χ3v) is 4.89. The largest absolute Gasteiger partial charge is 0.302 e.